The van der Waals surface area contributed by atoms with Crippen molar-refractivity contribution in [3.63, 3.8) is 0 Å². The minimum Gasteiger partial charge on any atom is -0.423 e. The molecule has 5 heteroatoms. The van der Waals surface area contributed by atoms with Crippen molar-refractivity contribution in [2.45, 2.75) is 0 Å². The first kappa shape index (κ1) is 14.4. The van der Waals surface area contributed by atoms with Crippen molar-refractivity contribution in [1.82, 2.24) is 4.98 Å². The maximum atomic E-state index is 8.77. The third kappa shape index (κ3) is 2.69. The largest absolute Gasteiger partial charge is 0.423 e. The molecule has 0 aliphatic heterocycles. The molecular weight excluding hydrogens is 505 g/mol. The molecule has 0 amide bonds. The fourth-order valence-electron chi connectivity index (χ4n) is 1.15. The molecule has 0 saturated carbocycles. The summed E-state index contributed by atoms with van der Waals surface area (Å²) in [5, 5.41) is 9.71. The summed E-state index contributed by atoms with van der Waals surface area (Å²) in [6, 6.07) is 8.82. The molecule has 0 bridgehead atoms. The summed E-state index contributed by atoms with van der Waals surface area (Å²) in [5.74, 6) is 0. The number of fused-ring (bicyclic) bond motifs is 1. The second-order valence-corrected chi connectivity index (χ2v) is 3.34. The van der Waals surface area contributed by atoms with Gasteiger partial charge in [-0.05, 0) is 9.99 Å². The molecule has 14 heavy (non-hydrogen) atoms. The average molecular weight is 509 g/mol. The first-order valence-corrected chi connectivity index (χ1v) is 4.19. The summed E-state index contributed by atoms with van der Waals surface area (Å²) in [6.45, 7) is 0. The van der Waals surface area contributed by atoms with E-state index in [4.69, 9.17) is 5.26 Å². The number of rotatable bonds is 0. The maximum absolute atomic E-state index is 8.77. The Balaban J connectivity index is 0.000000845. The maximum Gasteiger partial charge on any atom is 0.0878 e. The molecule has 0 saturated heterocycles. The first-order chi connectivity index (χ1) is 5.81. The molecule has 1 radical (unpaired) electrons. The van der Waals surface area contributed by atoms with Crippen molar-refractivity contribution in [3.05, 3.63) is 34.4 Å². The van der Waals surface area contributed by atoms with E-state index in [1.165, 1.54) is 0 Å². The predicted molar refractivity (Wildman–Crippen MR) is 49.5 cm³/mol. The normalized spacial score (nSPS) is 8.57. The van der Waals surface area contributed by atoms with Gasteiger partial charge in [-0.3, -0.25) is 0 Å². The zero-order valence-electron chi connectivity index (χ0n) is 7.00. The van der Waals surface area contributed by atoms with Crippen molar-refractivity contribution in [2.24, 2.45) is 0 Å². The number of nitrogens with one attached hydrogen (secondary N) is 1. The van der Waals surface area contributed by atoms with E-state index in [0.717, 1.165) is 15.4 Å². The van der Waals surface area contributed by atoms with Crippen molar-refractivity contribution >= 4 is 26.8 Å². The third-order valence-electron chi connectivity index (χ3n) is 1.67. The van der Waals surface area contributed by atoms with Gasteiger partial charge in [0.05, 0.1) is 6.07 Å². The number of nitriles is 1. The van der Waals surface area contributed by atoms with E-state index in [1.807, 2.05) is 6.07 Å². The molecule has 67 valence electrons. The number of aromatic nitrogens is 1. The van der Waals surface area contributed by atoms with Gasteiger partial charge in [-0.25, -0.2) is 0 Å². The van der Waals surface area contributed by atoms with Crippen LogP contribution in [0.1, 0.15) is 5.56 Å². The molecule has 0 aliphatic carbocycles. The Hall–Kier alpha value is 0.366. The quantitative estimate of drug-likeness (QED) is 0.546. The number of nitrogens with zero attached hydrogens (tertiary/aromatic N) is 1. The Morgan fingerprint density at radius 3 is 2.79 bits per heavy atom. The monoisotopic (exact) mass is 508 g/mol. The predicted octanol–water partition coefficient (Wildman–Crippen LogP) is 2.60. The second-order valence-electron chi connectivity index (χ2n) is 2.42. The first-order valence-electron chi connectivity index (χ1n) is 3.39. The van der Waals surface area contributed by atoms with Crippen LogP contribution < -0.4 is 0 Å². The SMILES string of the molecule is N#Cc1cc(Br)cc2[c-]c[nH]c12.[U].[V]. The van der Waals surface area contributed by atoms with Gasteiger partial charge >= 0.3 is 0 Å². The Morgan fingerprint density at radius 1 is 1.43 bits per heavy atom. The van der Waals surface area contributed by atoms with Gasteiger partial charge in [0.1, 0.15) is 0 Å². The molecule has 0 fully saturated rings. The number of hydrogen-bond donors (Lipinski definition) is 1. The summed E-state index contributed by atoms with van der Waals surface area (Å²) in [5.41, 5.74) is 1.49. The van der Waals surface area contributed by atoms with Gasteiger partial charge in [0.15, 0.2) is 0 Å². The van der Waals surface area contributed by atoms with Crippen LogP contribution in [0.25, 0.3) is 10.9 Å². The van der Waals surface area contributed by atoms with Crippen molar-refractivity contribution < 1.29 is 49.7 Å². The number of H-pyrrole nitrogens is 1. The fraction of sp³-hybridized carbons (Fsp3) is 0. The second kappa shape index (κ2) is 6.06. The molecular formula is C9H4BrN2UV-. The molecule has 2 nitrogen and oxygen atoms in total. The van der Waals surface area contributed by atoms with Crippen molar-refractivity contribution in [1.29, 1.82) is 5.26 Å². The molecule has 2 rings (SSSR count). The number of halogens is 1. The molecule has 1 N–H and O–H groups in total. The van der Waals surface area contributed by atoms with Gasteiger partial charge in [-0.2, -0.15) is 16.7 Å². The van der Waals surface area contributed by atoms with Gasteiger partial charge in [0, 0.05) is 55.2 Å². The zero-order chi connectivity index (χ0) is 8.55. The van der Waals surface area contributed by atoms with Gasteiger partial charge < -0.3 is 4.98 Å². The van der Waals surface area contributed by atoms with Crippen LogP contribution in [0.2, 0.25) is 0 Å². The van der Waals surface area contributed by atoms with Crippen molar-refractivity contribution in [2.75, 3.05) is 0 Å². The van der Waals surface area contributed by atoms with Gasteiger partial charge in [0.25, 0.3) is 0 Å². The molecule has 1 aromatic carbocycles. The molecule has 1 aromatic heterocycles. The average Bonchev–Trinajstić information content (AvgIpc) is 2.50. The van der Waals surface area contributed by atoms with Crippen molar-refractivity contribution in [3.8, 4) is 6.07 Å². The Kier molecular flexibility index (Phi) is 6.22. The third-order valence-corrected chi connectivity index (χ3v) is 2.13. The number of benzene rings is 1. The van der Waals surface area contributed by atoms with Crippen LogP contribution in [-0.4, -0.2) is 4.98 Å². The van der Waals surface area contributed by atoms with Crippen LogP contribution in [0.3, 0.4) is 0 Å². The summed E-state index contributed by atoms with van der Waals surface area (Å²) in [6.07, 6.45) is 1.71. The van der Waals surface area contributed by atoms with Crippen LogP contribution >= 0.6 is 15.9 Å². The summed E-state index contributed by atoms with van der Waals surface area (Å²) < 4.78 is 0.905. The zero-order valence-corrected chi connectivity index (χ0v) is 14.2. The molecule has 1 heterocycles. The Bertz CT molecular complexity index is 475. The Morgan fingerprint density at radius 2 is 2.14 bits per heavy atom. The fourth-order valence-corrected chi connectivity index (χ4v) is 1.61. The van der Waals surface area contributed by atoms with Crippen LogP contribution in [0.15, 0.2) is 22.8 Å². The van der Waals surface area contributed by atoms with E-state index in [2.05, 4.69) is 33.0 Å². The van der Waals surface area contributed by atoms with Gasteiger partial charge in [0.2, 0.25) is 0 Å². The van der Waals surface area contributed by atoms with Gasteiger partial charge in [-0.15, -0.1) is 6.07 Å². The number of hydrogen-bond acceptors (Lipinski definition) is 1. The van der Waals surface area contributed by atoms with E-state index < -0.39 is 0 Å². The minimum absolute atomic E-state index is 0. The van der Waals surface area contributed by atoms with E-state index in [9.17, 15) is 0 Å². The van der Waals surface area contributed by atoms with Crippen LogP contribution in [-0.2, 0) is 18.6 Å². The Labute approximate surface area is 126 Å². The minimum atomic E-state index is 0. The number of aromatic amines is 1. The summed E-state index contributed by atoms with van der Waals surface area (Å²) in [7, 11) is 0. The van der Waals surface area contributed by atoms with Crippen LogP contribution in [0.5, 0.6) is 0 Å². The standard InChI is InChI=1S/C9H4BrN2.U.V/c10-8-3-6-1-2-12-9(6)7(4-8)5-11;;/h2-4,12H;;/q-1;;. The molecule has 0 spiro atoms. The van der Waals surface area contributed by atoms with Crippen LogP contribution in [0, 0.1) is 48.5 Å². The molecule has 0 aliphatic rings. The molecule has 0 atom stereocenters. The van der Waals surface area contributed by atoms with E-state index >= 15 is 0 Å². The van der Waals surface area contributed by atoms with Gasteiger partial charge in [-0.1, -0.05) is 28.2 Å². The molecule has 2 aromatic rings. The smallest absolute Gasteiger partial charge is 0.0878 e. The summed E-state index contributed by atoms with van der Waals surface area (Å²) in [4.78, 5) is 2.97. The van der Waals surface area contributed by atoms with E-state index in [0.29, 0.717) is 5.56 Å². The molecule has 0 unspecified atom stereocenters. The van der Waals surface area contributed by atoms with E-state index in [-0.39, 0.29) is 49.7 Å². The summed E-state index contributed by atoms with van der Waals surface area (Å²) >= 11 is 3.32. The van der Waals surface area contributed by atoms with Crippen LogP contribution in [0.4, 0.5) is 0 Å². The topological polar surface area (TPSA) is 39.6 Å². The van der Waals surface area contributed by atoms with E-state index in [1.54, 1.807) is 12.3 Å².